The predicted molar refractivity (Wildman–Crippen MR) is 75.8 cm³/mol. The molecule has 2 atom stereocenters. The van der Waals surface area contributed by atoms with Crippen LogP contribution in [0.2, 0.25) is 5.02 Å². The number of hydrogen-bond donors (Lipinski definition) is 2. The Morgan fingerprint density at radius 2 is 1.78 bits per heavy atom. The Labute approximate surface area is 114 Å². The van der Waals surface area contributed by atoms with Crippen LogP contribution >= 0.6 is 11.6 Å². The highest BCUT2D eigenvalue weighted by Crippen LogP contribution is 2.47. The number of aliphatic hydroxyl groups excluding tert-OH is 1. The number of nitrogens with two attached hydrogens (primary N) is 1. The van der Waals surface area contributed by atoms with Crippen molar-refractivity contribution >= 4 is 11.6 Å². The van der Waals surface area contributed by atoms with Gasteiger partial charge in [-0.15, -0.1) is 0 Å². The van der Waals surface area contributed by atoms with Crippen molar-refractivity contribution in [1.29, 1.82) is 0 Å². The topological polar surface area (TPSA) is 46.2 Å². The molecule has 0 spiro atoms. The average molecular weight is 268 g/mol. The second-order valence-electron chi connectivity index (χ2n) is 5.78. The predicted octanol–water partition coefficient (Wildman–Crippen LogP) is 3.11. The monoisotopic (exact) mass is 267 g/mol. The third-order valence-corrected chi connectivity index (χ3v) is 4.61. The molecule has 0 bridgehead atoms. The minimum Gasteiger partial charge on any atom is -0.391 e. The molecular formula is C15H22ClNO. The molecule has 0 amide bonds. The summed E-state index contributed by atoms with van der Waals surface area (Å²) in [7, 11) is 0. The second-order valence-corrected chi connectivity index (χ2v) is 6.21. The minimum atomic E-state index is -0.457. The normalized spacial score (nSPS) is 21.4. The van der Waals surface area contributed by atoms with Crippen molar-refractivity contribution in [2.45, 2.75) is 50.7 Å². The Bertz CT molecular complexity index is 397. The summed E-state index contributed by atoms with van der Waals surface area (Å²) in [5, 5.41) is 11.0. The van der Waals surface area contributed by atoms with E-state index < -0.39 is 6.10 Å². The highest BCUT2D eigenvalue weighted by molar-refractivity contribution is 6.30. The van der Waals surface area contributed by atoms with Crippen LogP contribution in [0.25, 0.3) is 0 Å². The Morgan fingerprint density at radius 1 is 1.22 bits per heavy atom. The summed E-state index contributed by atoms with van der Waals surface area (Å²) in [5.74, 6) is 0.185. The first-order chi connectivity index (χ1) is 8.47. The lowest BCUT2D eigenvalue weighted by atomic mass is 9.58. The van der Waals surface area contributed by atoms with E-state index in [1.165, 1.54) is 12.0 Å². The van der Waals surface area contributed by atoms with E-state index in [1.54, 1.807) is 0 Å². The van der Waals surface area contributed by atoms with Gasteiger partial charge in [0.1, 0.15) is 0 Å². The molecule has 1 aromatic carbocycles. The first kappa shape index (κ1) is 13.9. The third kappa shape index (κ3) is 2.29. The smallest absolute Gasteiger partial charge is 0.0722 e. The van der Waals surface area contributed by atoms with Crippen LogP contribution in [0.5, 0.6) is 0 Å². The van der Waals surface area contributed by atoms with Crippen molar-refractivity contribution in [3.8, 4) is 0 Å². The van der Waals surface area contributed by atoms with Crippen LogP contribution in [0.15, 0.2) is 24.3 Å². The SMILES string of the molecule is CC(C)[C@@H](O)[C@@H](N)C1(c2ccc(Cl)cc2)CCC1. The van der Waals surface area contributed by atoms with Gasteiger partial charge in [0.2, 0.25) is 0 Å². The van der Waals surface area contributed by atoms with E-state index in [0.717, 1.165) is 17.9 Å². The first-order valence-electron chi connectivity index (χ1n) is 6.67. The maximum absolute atomic E-state index is 10.3. The van der Waals surface area contributed by atoms with Gasteiger partial charge in [-0.2, -0.15) is 0 Å². The van der Waals surface area contributed by atoms with Crippen LogP contribution in [0, 0.1) is 5.92 Å². The summed E-state index contributed by atoms with van der Waals surface area (Å²) >= 11 is 5.93. The van der Waals surface area contributed by atoms with Gasteiger partial charge in [0.05, 0.1) is 6.10 Å². The van der Waals surface area contributed by atoms with E-state index in [0.29, 0.717) is 0 Å². The highest BCUT2D eigenvalue weighted by atomic mass is 35.5. The first-order valence-corrected chi connectivity index (χ1v) is 7.05. The lowest BCUT2D eigenvalue weighted by molar-refractivity contribution is 0.0362. The van der Waals surface area contributed by atoms with E-state index in [2.05, 4.69) is 12.1 Å². The third-order valence-electron chi connectivity index (χ3n) is 4.35. The van der Waals surface area contributed by atoms with Crippen LogP contribution in [0.1, 0.15) is 38.7 Å². The second kappa shape index (κ2) is 5.20. The van der Waals surface area contributed by atoms with Crippen LogP contribution in [0.3, 0.4) is 0 Å². The lowest BCUT2D eigenvalue weighted by Gasteiger charge is -2.49. The Balaban J connectivity index is 2.28. The summed E-state index contributed by atoms with van der Waals surface area (Å²) < 4.78 is 0. The van der Waals surface area contributed by atoms with E-state index in [1.807, 2.05) is 26.0 Å². The van der Waals surface area contributed by atoms with Crippen LogP contribution in [-0.2, 0) is 5.41 Å². The van der Waals surface area contributed by atoms with E-state index in [4.69, 9.17) is 17.3 Å². The van der Waals surface area contributed by atoms with Gasteiger partial charge in [-0.1, -0.05) is 44.0 Å². The fourth-order valence-electron chi connectivity index (χ4n) is 2.90. The summed E-state index contributed by atoms with van der Waals surface area (Å²) in [6.07, 6.45) is 2.83. The quantitative estimate of drug-likeness (QED) is 0.881. The van der Waals surface area contributed by atoms with Gasteiger partial charge in [-0.3, -0.25) is 0 Å². The molecule has 1 fully saturated rings. The molecule has 0 saturated heterocycles. The summed E-state index contributed by atoms with van der Waals surface area (Å²) in [6, 6.07) is 7.71. The standard InChI is InChI=1S/C15H22ClNO/c1-10(2)13(18)14(17)15(8-3-9-15)11-4-6-12(16)7-5-11/h4-7,10,13-14,18H,3,8-9,17H2,1-2H3/t13-,14-/m1/s1. The molecular weight excluding hydrogens is 246 g/mol. The Hall–Kier alpha value is -0.570. The molecule has 1 aliphatic carbocycles. The van der Waals surface area contributed by atoms with Crippen molar-refractivity contribution in [1.82, 2.24) is 0 Å². The van der Waals surface area contributed by atoms with Gasteiger partial charge in [0, 0.05) is 16.5 Å². The summed E-state index contributed by atoms with van der Waals surface area (Å²) in [6.45, 7) is 4.03. The van der Waals surface area contributed by atoms with Crippen LogP contribution in [-0.4, -0.2) is 17.3 Å². The lowest BCUT2D eigenvalue weighted by Crippen LogP contribution is -2.57. The number of rotatable bonds is 4. The molecule has 0 radical (unpaired) electrons. The van der Waals surface area contributed by atoms with Gasteiger partial charge >= 0.3 is 0 Å². The van der Waals surface area contributed by atoms with Gasteiger partial charge in [0.15, 0.2) is 0 Å². The summed E-state index contributed by atoms with van der Waals surface area (Å²) in [4.78, 5) is 0. The van der Waals surface area contributed by atoms with Gasteiger partial charge in [-0.05, 0) is 36.5 Å². The molecule has 2 rings (SSSR count). The zero-order chi connectivity index (χ0) is 13.3. The number of benzene rings is 1. The average Bonchev–Trinajstić information content (AvgIpc) is 2.28. The van der Waals surface area contributed by atoms with Crippen molar-refractivity contribution in [2.24, 2.45) is 11.7 Å². The van der Waals surface area contributed by atoms with Gasteiger partial charge in [0.25, 0.3) is 0 Å². The molecule has 1 saturated carbocycles. The molecule has 2 nitrogen and oxygen atoms in total. The molecule has 18 heavy (non-hydrogen) atoms. The largest absolute Gasteiger partial charge is 0.391 e. The zero-order valence-electron chi connectivity index (χ0n) is 11.1. The molecule has 0 aromatic heterocycles. The van der Waals surface area contributed by atoms with Crippen molar-refractivity contribution in [3.05, 3.63) is 34.9 Å². The molecule has 0 aliphatic heterocycles. The Kier molecular flexibility index (Phi) is 4.00. The molecule has 0 heterocycles. The van der Waals surface area contributed by atoms with Crippen molar-refractivity contribution in [2.75, 3.05) is 0 Å². The van der Waals surface area contributed by atoms with Crippen molar-refractivity contribution < 1.29 is 5.11 Å². The summed E-state index contributed by atoms with van der Waals surface area (Å²) in [5.41, 5.74) is 7.50. The maximum Gasteiger partial charge on any atom is 0.0722 e. The molecule has 3 N–H and O–H groups in total. The number of hydrogen-bond acceptors (Lipinski definition) is 2. The number of aliphatic hydroxyl groups is 1. The van der Waals surface area contributed by atoms with E-state index in [-0.39, 0.29) is 17.4 Å². The molecule has 1 aliphatic rings. The van der Waals surface area contributed by atoms with E-state index >= 15 is 0 Å². The van der Waals surface area contributed by atoms with Crippen LogP contribution < -0.4 is 5.73 Å². The molecule has 1 aromatic rings. The van der Waals surface area contributed by atoms with Gasteiger partial charge < -0.3 is 10.8 Å². The minimum absolute atomic E-state index is 0.0612. The zero-order valence-corrected chi connectivity index (χ0v) is 11.8. The number of halogens is 1. The maximum atomic E-state index is 10.3. The van der Waals surface area contributed by atoms with Crippen LogP contribution in [0.4, 0.5) is 0 Å². The molecule has 3 heteroatoms. The Morgan fingerprint density at radius 3 is 2.17 bits per heavy atom. The fourth-order valence-corrected chi connectivity index (χ4v) is 3.02. The van der Waals surface area contributed by atoms with Gasteiger partial charge in [-0.25, -0.2) is 0 Å². The highest BCUT2D eigenvalue weighted by Gasteiger charge is 2.46. The van der Waals surface area contributed by atoms with E-state index in [9.17, 15) is 5.11 Å². The molecule has 100 valence electrons. The molecule has 0 unspecified atom stereocenters. The fraction of sp³-hybridized carbons (Fsp3) is 0.600. The van der Waals surface area contributed by atoms with Crippen molar-refractivity contribution in [3.63, 3.8) is 0 Å².